The molecule has 0 aliphatic carbocycles. The van der Waals surface area contributed by atoms with Crippen LogP contribution in [0.4, 0.5) is 47.1 Å². The minimum Gasteiger partial charge on any atom is -0.475 e. The fourth-order valence-corrected chi connectivity index (χ4v) is 8.42. The molecule has 40 heteroatoms. The number of nitriles is 4. The van der Waals surface area contributed by atoms with E-state index < -0.39 is 49.5 Å². The van der Waals surface area contributed by atoms with E-state index in [2.05, 4.69) is 34.9 Å². The first-order valence-electron chi connectivity index (χ1n) is 25.4. The minimum absolute atomic E-state index is 0.0119. The van der Waals surface area contributed by atoms with Crippen molar-refractivity contribution < 1.29 is 64.5 Å². The standard InChI is InChI=1S/2C11H18N5O3P.C11H16O4S.C9H14N5O5P.C6H7N5O/c1-20(2,17)7-18-5-6-19-10-8(3-4-12)9(13)15-11(14)16-10;1-20(2,18)7-19-6-5-16-10(17)8(3-4-12)9(13)15-11(16)14;1-3-14-8-9-15-16(12,13)11-6-4-10(2)5-7-11;10-2-1-6-7(11)13-9(12)14-8(6)19-4-3-18-5-20(15,16)17;7-2-1-3-4(8)10-6(9)11-5(3)12/h3,5-7H2,1-2H3,(H4,13,14,15,16);3,5-7,13H2,1-2H3,(H2,14,15);4-7H,3,8-9H2,1-2H3;1,3-5H2,(H2,15,16,17)(H4,11,12,13,14);1H2,(H5,8,9,10,11,12). The number of aryl methyl sites for hydroxylation is 1. The van der Waals surface area contributed by atoms with Crippen LogP contribution >= 0.6 is 21.9 Å². The number of aromatic nitrogens is 8. The highest BCUT2D eigenvalue weighted by atomic mass is 32.2. The van der Waals surface area contributed by atoms with Gasteiger partial charge in [-0.3, -0.25) is 27.9 Å². The second-order valence-corrected chi connectivity index (χ2v) is 28.4. The van der Waals surface area contributed by atoms with E-state index in [-0.39, 0.29) is 166 Å². The van der Waals surface area contributed by atoms with E-state index in [0.717, 1.165) is 5.56 Å². The summed E-state index contributed by atoms with van der Waals surface area (Å²) in [6.07, 6.45) is -0.585. The minimum atomic E-state index is -4.20. The molecule has 4 aromatic heterocycles. The lowest BCUT2D eigenvalue weighted by atomic mass is 10.2. The third-order valence-electron chi connectivity index (χ3n) is 9.89. The Bertz CT molecular complexity index is 3530. The highest BCUT2D eigenvalue weighted by molar-refractivity contribution is 7.86. The highest BCUT2D eigenvalue weighted by Crippen LogP contribution is 2.36. The third kappa shape index (κ3) is 31.2. The van der Waals surface area contributed by atoms with Gasteiger partial charge >= 0.3 is 7.60 Å². The van der Waals surface area contributed by atoms with Crippen molar-refractivity contribution in [1.29, 1.82) is 21.0 Å². The summed E-state index contributed by atoms with van der Waals surface area (Å²) < 4.78 is 93.5. The van der Waals surface area contributed by atoms with Crippen LogP contribution in [0.15, 0.2) is 38.8 Å². The Morgan fingerprint density at radius 3 is 1.43 bits per heavy atom. The van der Waals surface area contributed by atoms with Crippen LogP contribution in [0.5, 0.6) is 11.8 Å². The first-order chi connectivity index (χ1) is 41.1. The van der Waals surface area contributed by atoms with Crippen LogP contribution in [-0.2, 0) is 79.2 Å². The van der Waals surface area contributed by atoms with E-state index in [1.54, 1.807) is 44.9 Å². The Morgan fingerprint density at radius 1 is 0.568 bits per heavy atom. The Balaban J connectivity index is 0.000000555. The van der Waals surface area contributed by atoms with Crippen LogP contribution in [0.3, 0.4) is 0 Å². The SMILES string of the molecule is CCOCCOS(=O)(=O)c1ccc(C)cc1.CP(C)(=O)COCCOc1nc(N)nc(N)c1CC#N.CP(C)(=O)COCCn1c(N)nc(N)c(CC#N)c1=O.N#CCc1c(N)nc(N)[nH]c1=O.N#CCc1c(N)nc(N)nc1OCCOCP(=O)(O)O. The van der Waals surface area contributed by atoms with Crippen LogP contribution in [-0.4, -0.2) is 156 Å². The average molecular weight is 1310 g/mol. The van der Waals surface area contributed by atoms with Gasteiger partial charge in [0.1, 0.15) is 57.1 Å². The number of hydrogen-bond acceptors (Lipinski definition) is 32. The molecule has 482 valence electrons. The van der Waals surface area contributed by atoms with Gasteiger partial charge in [-0.2, -0.15) is 59.4 Å². The molecule has 0 saturated heterocycles. The fourth-order valence-electron chi connectivity index (χ4n) is 6.02. The molecule has 5 aromatic rings. The molecule has 0 fully saturated rings. The first-order valence-corrected chi connectivity index (χ1v) is 34.2. The summed E-state index contributed by atoms with van der Waals surface area (Å²) in [7, 11) is -12.3. The third-order valence-corrected chi connectivity index (χ3v) is 13.3. The molecule has 36 nitrogen and oxygen atoms in total. The molecule has 0 aliphatic heterocycles. The topological polar surface area (TPSA) is 626 Å². The molecule has 0 unspecified atom stereocenters. The maximum Gasteiger partial charge on any atom is 0.350 e. The molecule has 5 rings (SSSR count). The molecule has 0 saturated carbocycles. The van der Waals surface area contributed by atoms with E-state index in [1.807, 2.05) is 32.1 Å². The highest BCUT2D eigenvalue weighted by Gasteiger charge is 2.18. The maximum atomic E-state index is 12.1. The molecule has 0 aliphatic rings. The van der Waals surface area contributed by atoms with Gasteiger partial charge in [0.25, 0.3) is 21.2 Å². The van der Waals surface area contributed by atoms with Gasteiger partial charge in [-0.25, -0.2) is 0 Å². The van der Waals surface area contributed by atoms with Crippen molar-refractivity contribution in [1.82, 2.24) is 39.5 Å². The van der Waals surface area contributed by atoms with Crippen molar-refractivity contribution >= 4 is 79.1 Å². The molecular weight excluding hydrogens is 1240 g/mol. The van der Waals surface area contributed by atoms with Gasteiger partial charge < -0.3 is 93.2 Å². The fraction of sp³-hybridized carbons (Fsp3) is 0.458. The van der Waals surface area contributed by atoms with E-state index in [0.29, 0.717) is 17.7 Å². The number of nitrogen functional groups attached to an aromatic ring is 8. The van der Waals surface area contributed by atoms with Gasteiger partial charge in [-0.05, 0) is 52.6 Å². The predicted octanol–water partition coefficient (Wildman–Crippen LogP) is 0.728. The largest absolute Gasteiger partial charge is 0.475 e. The Kier molecular flexibility index (Phi) is 34.0. The number of anilines is 8. The number of aromatic amines is 1. The van der Waals surface area contributed by atoms with Crippen LogP contribution < -0.4 is 66.5 Å². The number of nitrogens with zero attached hydrogens (tertiary/aromatic N) is 11. The molecule has 0 atom stereocenters. The zero-order valence-corrected chi connectivity index (χ0v) is 52.5. The van der Waals surface area contributed by atoms with Crippen molar-refractivity contribution in [3.63, 3.8) is 0 Å². The summed E-state index contributed by atoms with van der Waals surface area (Å²) in [4.78, 5) is 65.3. The number of nitrogens with two attached hydrogens (primary N) is 8. The van der Waals surface area contributed by atoms with Crippen LogP contribution in [0.2, 0.25) is 0 Å². The molecule has 0 bridgehead atoms. The van der Waals surface area contributed by atoms with Crippen LogP contribution in [0.25, 0.3) is 0 Å². The van der Waals surface area contributed by atoms with Gasteiger partial charge in [0.2, 0.25) is 35.6 Å². The smallest absolute Gasteiger partial charge is 0.350 e. The van der Waals surface area contributed by atoms with Gasteiger partial charge in [-0.15, -0.1) is 0 Å². The van der Waals surface area contributed by atoms with E-state index in [1.165, 1.54) is 16.7 Å². The number of rotatable bonds is 27. The molecule has 0 amide bonds. The summed E-state index contributed by atoms with van der Waals surface area (Å²) in [6, 6.07) is 14.0. The van der Waals surface area contributed by atoms with Crippen molar-refractivity contribution in [2.75, 3.05) is 144 Å². The number of hydrogen-bond donors (Lipinski definition) is 11. The molecule has 0 radical (unpaired) electrons. The average Bonchev–Trinajstić information content (AvgIpc) is 3.10. The summed E-state index contributed by atoms with van der Waals surface area (Å²) in [5.74, 6) is 0.185. The summed E-state index contributed by atoms with van der Waals surface area (Å²) in [5, 5.41) is 34.4. The monoisotopic (exact) mass is 1310 g/mol. The molecule has 0 spiro atoms. The maximum absolute atomic E-state index is 12.1. The van der Waals surface area contributed by atoms with Gasteiger partial charge in [-0.1, -0.05) is 17.7 Å². The van der Waals surface area contributed by atoms with Gasteiger partial charge in [0.15, 0.2) is 0 Å². The first kappa shape index (κ1) is 77.5. The van der Waals surface area contributed by atoms with Crippen molar-refractivity contribution in [3.05, 3.63) is 72.8 Å². The van der Waals surface area contributed by atoms with Crippen LogP contribution in [0, 0.1) is 52.2 Å². The summed E-state index contributed by atoms with van der Waals surface area (Å²) in [6.45, 7) is 11.8. The lowest BCUT2D eigenvalue weighted by Crippen LogP contribution is -2.30. The molecule has 88 heavy (non-hydrogen) atoms. The second kappa shape index (κ2) is 38.6. The zero-order valence-electron chi connectivity index (χ0n) is 49.0. The number of ether oxygens (including phenoxy) is 6. The lowest BCUT2D eigenvalue weighted by molar-refractivity contribution is 0.112. The number of benzene rings is 1. The molecule has 19 N–H and O–H groups in total. The number of H-pyrrole nitrogens is 1. The predicted molar refractivity (Wildman–Crippen MR) is 325 cm³/mol. The zero-order chi connectivity index (χ0) is 66.8. The lowest BCUT2D eigenvalue weighted by Gasteiger charge is -2.12. The van der Waals surface area contributed by atoms with Crippen LogP contribution in [0.1, 0.15) is 34.7 Å². The van der Waals surface area contributed by atoms with Crippen molar-refractivity contribution in [2.24, 2.45) is 0 Å². The van der Waals surface area contributed by atoms with E-state index in [9.17, 15) is 31.7 Å². The molecule has 4 heterocycles. The number of nitrogens with one attached hydrogen (secondary N) is 1. The van der Waals surface area contributed by atoms with Crippen molar-refractivity contribution in [3.8, 4) is 36.0 Å². The quantitative estimate of drug-likeness (QED) is 0.0196. The summed E-state index contributed by atoms with van der Waals surface area (Å²) >= 11 is 0. The Morgan fingerprint density at radius 2 is 0.989 bits per heavy atom. The van der Waals surface area contributed by atoms with Gasteiger partial charge in [0, 0.05) is 6.61 Å². The molecule has 1 aromatic carbocycles. The van der Waals surface area contributed by atoms with Crippen molar-refractivity contribution in [2.45, 2.75) is 51.0 Å². The Hall–Kier alpha value is -8.54. The second-order valence-electron chi connectivity index (χ2n) is 18.4. The Labute approximate surface area is 506 Å². The van der Waals surface area contributed by atoms with E-state index >= 15 is 0 Å². The van der Waals surface area contributed by atoms with Gasteiger partial charge in [0.05, 0.1) is 129 Å². The molecular formula is C48H73N20O16P3S. The van der Waals surface area contributed by atoms with E-state index in [4.69, 9.17) is 109 Å². The normalized spacial score (nSPS) is 11.0. The summed E-state index contributed by atoms with van der Waals surface area (Å²) in [5.41, 5.74) is 45.0.